The van der Waals surface area contributed by atoms with E-state index in [2.05, 4.69) is 19.9 Å². The highest BCUT2D eigenvalue weighted by Gasteiger charge is 2.12. The minimum Gasteiger partial charge on any atom is -0.426 e. The predicted octanol–water partition coefficient (Wildman–Crippen LogP) is 4.30. The Bertz CT molecular complexity index is 358. The van der Waals surface area contributed by atoms with E-state index in [0.29, 0.717) is 11.7 Å². The molecule has 1 aromatic rings. The highest BCUT2D eigenvalue weighted by Crippen LogP contribution is 2.30. The maximum absolute atomic E-state index is 11.0. The van der Waals surface area contributed by atoms with E-state index < -0.39 is 0 Å². The first-order valence-electron chi connectivity index (χ1n) is 6.42. The Labute approximate surface area is 104 Å². The summed E-state index contributed by atoms with van der Waals surface area (Å²) in [5.41, 5.74) is 1.14. The topological polar surface area (TPSA) is 26.3 Å². The monoisotopic (exact) mass is 234 g/mol. The maximum atomic E-state index is 11.0. The molecule has 1 aromatic carbocycles. The number of hydrogen-bond acceptors (Lipinski definition) is 2. The molecule has 0 radical (unpaired) electrons. The first-order chi connectivity index (χ1) is 8.15. The molecule has 0 saturated carbocycles. The third kappa shape index (κ3) is 4.59. The zero-order valence-electron chi connectivity index (χ0n) is 11.0. The second kappa shape index (κ2) is 7.10. The van der Waals surface area contributed by atoms with Crippen LogP contribution >= 0.6 is 0 Å². The van der Waals surface area contributed by atoms with Gasteiger partial charge in [-0.25, -0.2) is 0 Å². The summed E-state index contributed by atoms with van der Waals surface area (Å²) in [7, 11) is 0. The minimum atomic E-state index is -0.252. The first-order valence-corrected chi connectivity index (χ1v) is 6.42. The Kier molecular flexibility index (Phi) is 5.75. The lowest BCUT2D eigenvalue weighted by Gasteiger charge is -2.15. The summed E-state index contributed by atoms with van der Waals surface area (Å²) in [4.78, 5) is 11.0. The summed E-state index contributed by atoms with van der Waals surface area (Å²) < 4.78 is 5.23. The number of benzene rings is 1. The van der Waals surface area contributed by atoms with Gasteiger partial charge in [0.1, 0.15) is 5.75 Å². The van der Waals surface area contributed by atoms with Gasteiger partial charge in [0.2, 0.25) is 0 Å². The average Bonchev–Trinajstić information content (AvgIpc) is 2.29. The fraction of sp³-hybridized carbons (Fsp3) is 0.533. The molecule has 0 aliphatic carbocycles. The van der Waals surface area contributed by atoms with Crippen molar-refractivity contribution >= 4 is 5.97 Å². The summed E-state index contributed by atoms with van der Waals surface area (Å²) in [5, 5.41) is 0. The number of unbranched alkanes of at least 4 members (excludes halogenated alkanes) is 2. The zero-order chi connectivity index (χ0) is 12.7. The van der Waals surface area contributed by atoms with Crippen LogP contribution in [0.15, 0.2) is 24.3 Å². The predicted molar refractivity (Wildman–Crippen MR) is 70.3 cm³/mol. The van der Waals surface area contributed by atoms with Gasteiger partial charge in [0, 0.05) is 6.92 Å². The van der Waals surface area contributed by atoms with Crippen molar-refractivity contribution in [3.05, 3.63) is 29.8 Å². The van der Waals surface area contributed by atoms with Gasteiger partial charge in [0.05, 0.1) is 0 Å². The van der Waals surface area contributed by atoms with Crippen molar-refractivity contribution in [3.8, 4) is 5.75 Å². The number of carbonyl (C=O) groups is 1. The normalized spacial score (nSPS) is 12.2. The molecule has 2 heteroatoms. The minimum absolute atomic E-state index is 0.252. The Morgan fingerprint density at radius 1 is 1.29 bits per heavy atom. The molecule has 17 heavy (non-hydrogen) atoms. The van der Waals surface area contributed by atoms with Crippen molar-refractivity contribution in [1.82, 2.24) is 0 Å². The highest BCUT2D eigenvalue weighted by molar-refractivity contribution is 5.69. The Hall–Kier alpha value is -1.31. The highest BCUT2D eigenvalue weighted by atomic mass is 16.5. The van der Waals surface area contributed by atoms with Crippen LogP contribution in [0.2, 0.25) is 0 Å². The van der Waals surface area contributed by atoms with Gasteiger partial charge in [-0.2, -0.15) is 0 Å². The molecule has 1 rings (SSSR count). The van der Waals surface area contributed by atoms with Crippen LogP contribution in [0.4, 0.5) is 0 Å². The van der Waals surface area contributed by atoms with Gasteiger partial charge in [0.25, 0.3) is 0 Å². The van der Waals surface area contributed by atoms with Crippen LogP contribution in [0.3, 0.4) is 0 Å². The van der Waals surface area contributed by atoms with Gasteiger partial charge < -0.3 is 4.74 Å². The number of carbonyl (C=O) groups excluding carboxylic acids is 1. The third-order valence-corrected chi connectivity index (χ3v) is 2.94. The van der Waals surface area contributed by atoms with Gasteiger partial charge in [-0.15, -0.1) is 0 Å². The molecule has 0 spiro atoms. The van der Waals surface area contributed by atoms with Gasteiger partial charge in [-0.1, -0.05) is 51.3 Å². The largest absolute Gasteiger partial charge is 0.426 e. The van der Waals surface area contributed by atoms with E-state index in [9.17, 15) is 4.79 Å². The van der Waals surface area contributed by atoms with Gasteiger partial charge in [-0.05, 0) is 24.0 Å². The van der Waals surface area contributed by atoms with Gasteiger partial charge in [-0.3, -0.25) is 4.79 Å². The van der Waals surface area contributed by atoms with E-state index in [0.717, 1.165) is 12.0 Å². The number of esters is 1. The molecule has 0 aromatic heterocycles. The third-order valence-electron chi connectivity index (χ3n) is 2.94. The standard InChI is InChI=1S/C15H22O2/c1-4-5-6-9-12(2)14-10-7-8-11-15(14)17-13(3)16/h7-8,10-12H,4-6,9H2,1-3H3. The van der Waals surface area contributed by atoms with E-state index in [1.807, 2.05) is 18.2 Å². The van der Waals surface area contributed by atoms with Crippen molar-refractivity contribution in [1.29, 1.82) is 0 Å². The first kappa shape index (κ1) is 13.8. The van der Waals surface area contributed by atoms with Crippen molar-refractivity contribution in [2.75, 3.05) is 0 Å². The van der Waals surface area contributed by atoms with Crippen LogP contribution in [0.25, 0.3) is 0 Å². The zero-order valence-corrected chi connectivity index (χ0v) is 11.0. The molecule has 94 valence electrons. The van der Waals surface area contributed by atoms with E-state index in [-0.39, 0.29) is 5.97 Å². The molecule has 2 nitrogen and oxygen atoms in total. The molecule has 0 aliphatic heterocycles. The molecule has 0 N–H and O–H groups in total. The van der Waals surface area contributed by atoms with E-state index >= 15 is 0 Å². The second-order valence-corrected chi connectivity index (χ2v) is 4.53. The lowest BCUT2D eigenvalue weighted by molar-refractivity contribution is -0.131. The number of para-hydroxylation sites is 1. The maximum Gasteiger partial charge on any atom is 0.308 e. The number of ether oxygens (including phenoxy) is 1. The van der Waals surface area contributed by atoms with Crippen molar-refractivity contribution < 1.29 is 9.53 Å². The lowest BCUT2D eigenvalue weighted by Crippen LogP contribution is -2.05. The van der Waals surface area contributed by atoms with Gasteiger partial charge in [0.15, 0.2) is 0 Å². The fourth-order valence-electron chi connectivity index (χ4n) is 1.99. The Morgan fingerprint density at radius 3 is 2.65 bits per heavy atom. The molecule has 0 bridgehead atoms. The van der Waals surface area contributed by atoms with Crippen molar-refractivity contribution in [2.45, 2.75) is 52.4 Å². The van der Waals surface area contributed by atoms with E-state index in [4.69, 9.17) is 4.74 Å². The van der Waals surface area contributed by atoms with E-state index in [1.165, 1.54) is 26.2 Å². The smallest absolute Gasteiger partial charge is 0.308 e. The van der Waals surface area contributed by atoms with Crippen LogP contribution in [0.1, 0.15) is 57.9 Å². The Balaban J connectivity index is 2.70. The lowest BCUT2D eigenvalue weighted by atomic mass is 9.94. The molecule has 0 amide bonds. The van der Waals surface area contributed by atoms with Crippen molar-refractivity contribution in [3.63, 3.8) is 0 Å². The summed E-state index contributed by atoms with van der Waals surface area (Å²) in [5.74, 6) is 0.902. The molecule has 0 fully saturated rings. The van der Waals surface area contributed by atoms with Crippen molar-refractivity contribution in [2.24, 2.45) is 0 Å². The Morgan fingerprint density at radius 2 is 2.00 bits per heavy atom. The van der Waals surface area contributed by atoms with E-state index in [1.54, 1.807) is 0 Å². The molecule has 1 unspecified atom stereocenters. The molecule has 1 atom stereocenters. The number of hydrogen-bond donors (Lipinski definition) is 0. The summed E-state index contributed by atoms with van der Waals surface area (Å²) in [6.45, 7) is 5.84. The van der Waals surface area contributed by atoms with Crippen LogP contribution < -0.4 is 4.74 Å². The SMILES string of the molecule is CCCCCC(C)c1ccccc1OC(C)=O. The molecule has 0 aliphatic rings. The number of rotatable bonds is 6. The van der Waals surface area contributed by atoms with Crippen LogP contribution in [0, 0.1) is 0 Å². The summed E-state index contributed by atoms with van der Waals surface area (Å²) in [6.07, 6.45) is 4.87. The average molecular weight is 234 g/mol. The summed E-state index contributed by atoms with van der Waals surface area (Å²) >= 11 is 0. The van der Waals surface area contributed by atoms with Gasteiger partial charge >= 0.3 is 5.97 Å². The van der Waals surface area contributed by atoms with Crippen LogP contribution in [-0.2, 0) is 4.79 Å². The second-order valence-electron chi connectivity index (χ2n) is 4.53. The quantitative estimate of drug-likeness (QED) is 0.417. The summed E-state index contributed by atoms with van der Waals surface area (Å²) in [6, 6.07) is 7.82. The molecule has 0 saturated heterocycles. The molecule has 0 heterocycles. The molecular formula is C15H22O2. The van der Waals surface area contributed by atoms with Crippen LogP contribution in [0.5, 0.6) is 5.75 Å². The van der Waals surface area contributed by atoms with Crippen LogP contribution in [-0.4, -0.2) is 5.97 Å². The molecular weight excluding hydrogens is 212 g/mol. The fourth-order valence-corrected chi connectivity index (χ4v) is 1.99.